The van der Waals surface area contributed by atoms with Crippen LogP contribution >= 0.6 is 0 Å². The van der Waals surface area contributed by atoms with Crippen LogP contribution in [-0.4, -0.2) is 17.0 Å². The molecule has 70 valence electrons. The Morgan fingerprint density at radius 1 is 1.46 bits per heavy atom. The number of aliphatic hydroxyl groups excluding tert-OH is 1. The Morgan fingerprint density at radius 2 is 2.08 bits per heavy atom. The summed E-state index contributed by atoms with van der Waals surface area (Å²) in [4.78, 5) is 11.1. The number of rotatable bonds is 2. The summed E-state index contributed by atoms with van der Waals surface area (Å²) in [5.74, 6) is -2.35. The van der Waals surface area contributed by atoms with Gasteiger partial charge in [0.2, 0.25) is 0 Å². The number of halogens is 2. The van der Waals surface area contributed by atoms with Gasteiger partial charge < -0.3 is 5.11 Å². The van der Waals surface area contributed by atoms with E-state index < -0.39 is 29.1 Å². The molecule has 1 aromatic carbocycles. The fraction of sp³-hybridized carbons (Fsp3) is 0.222. The molecule has 0 aliphatic carbocycles. The lowest BCUT2D eigenvalue weighted by Crippen LogP contribution is -2.17. The highest BCUT2D eigenvalue weighted by molar-refractivity contribution is 5.99. The van der Waals surface area contributed by atoms with Gasteiger partial charge in [0, 0.05) is 0 Å². The van der Waals surface area contributed by atoms with Crippen molar-refractivity contribution in [3.05, 3.63) is 35.4 Å². The number of hydrogen-bond donors (Lipinski definition) is 1. The largest absolute Gasteiger partial charge is 0.385 e. The third-order valence-corrected chi connectivity index (χ3v) is 1.57. The van der Waals surface area contributed by atoms with Gasteiger partial charge in [-0.15, -0.1) is 0 Å². The minimum Gasteiger partial charge on any atom is -0.385 e. The summed E-state index contributed by atoms with van der Waals surface area (Å²) >= 11 is 0. The second-order valence-corrected chi connectivity index (χ2v) is 2.66. The summed E-state index contributed by atoms with van der Waals surface area (Å²) in [5, 5.41) is 8.85. The molecule has 0 saturated carbocycles. The Labute approximate surface area is 73.8 Å². The Hall–Kier alpha value is -1.29. The van der Waals surface area contributed by atoms with E-state index >= 15 is 0 Å². The molecule has 0 aromatic heterocycles. The summed E-state index contributed by atoms with van der Waals surface area (Å²) in [6.45, 7) is 1.20. The first-order valence-electron chi connectivity index (χ1n) is 3.69. The van der Waals surface area contributed by atoms with Gasteiger partial charge in [0.1, 0.15) is 17.7 Å². The molecule has 0 aliphatic rings. The average Bonchev–Trinajstić information content (AvgIpc) is 2.08. The zero-order valence-electron chi connectivity index (χ0n) is 6.92. The summed E-state index contributed by atoms with van der Waals surface area (Å²) < 4.78 is 25.5. The predicted molar refractivity (Wildman–Crippen MR) is 42.4 cm³/mol. The fourth-order valence-corrected chi connectivity index (χ4v) is 0.911. The van der Waals surface area contributed by atoms with Crippen LogP contribution < -0.4 is 0 Å². The van der Waals surface area contributed by atoms with Gasteiger partial charge in [-0.05, 0) is 25.1 Å². The third kappa shape index (κ3) is 2.09. The van der Waals surface area contributed by atoms with Crippen molar-refractivity contribution in [3.8, 4) is 0 Å². The molecule has 1 atom stereocenters. The predicted octanol–water partition coefficient (Wildman–Crippen LogP) is 1.53. The number of carbonyl (C=O) groups excluding carboxylic acids is 1. The van der Waals surface area contributed by atoms with E-state index in [4.69, 9.17) is 5.11 Å². The van der Waals surface area contributed by atoms with Crippen molar-refractivity contribution in [2.45, 2.75) is 13.0 Å². The standard InChI is InChI=1S/C9H8F2O2/c1-5(12)9(13)7-4-6(10)2-3-8(7)11/h2-5,12H,1H3/t5-/m0/s1. The van der Waals surface area contributed by atoms with Crippen molar-refractivity contribution in [2.75, 3.05) is 0 Å². The van der Waals surface area contributed by atoms with E-state index in [1.54, 1.807) is 0 Å². The van der Waals surface area contributed by atoms with Crippen molar-refractivity contribution in [1.29, 1.82) is 0 Å². The van der Waals surface area contributed by atoms with Crippen molar-refractivity contribution in [1.82, 2.24) is 0 Å². The van der Waals surface area contributed by atoms with Gasteiger partial charge in [-0.3, -0.25) is 4.79 Å². The number of hydrogen-bond acceptors (Lipinski definition) is 2. The lowest BCUT2D eigenvalue weighted by molar-refractivity contribution is 0.0774. The second-order valence-electron chi connectivity index (χ2n) is 2.66. The van der Waals surface area contributed by atoms with E-state index in [0.717, 1.165) is 18.2 Å². The van der Waals surface area contributed by atoms with Gasteiger partial charge in [-0.1, -0.05) is 0 Å². The maximum atomic E-state index is 12.9. The van der Waals surface area contributed by atoms with E-state index in [1.807, 2.05) is 0 Å². The molecule has 0 aliphatic heterocycles. The third-order valence-electron chi connectivity index (χ3n) is 1.57. The Balaban J connectivity index is 3.13. The van der Waals surface area contributed by atoms with Crippen LogP contribution in [0.25, 0.3) is 0 Å². The fourth-order valence-electron chi connectivity index (χ4n) is 0.911. The summed E-state index contributed by atoms with van der Waals surface area (Å²) in [6, 6.07) is 2.53. The molecule has 0 bridgehead atoms. The van der Waals surface area contributed by atoms with Crippen LogP contribution in [0.3, 0.4) is 0 Å². The molecule has 1 rings (SSSR count). The van der Waals surface area contributed by atoms with E-state index in [0.29, 0.717) is 0 Å². The smallest absolute Gasteiger partial charge is 0.194 e. The highest BCUT2D eigenvalue weighted by Gasteiger charge is 2.16. The quantitative estimate of drug-likeness (QED) is 0.711. The minimum atomic E-state index is -1.32. The maximum Gasteiger partial charge on any atom is 0.194 e. The molecule has 0 saturated heterocycles. The van der Waals surface area contributed by atoms with Crippen molar-refractivity contribution >= 4 is 5.78 Å². The zero-order valence-corrected chi connectivity index (χ0v) is 6.92. The molecule has 0 fully saturated rings. The van der Waals surface area contributed by atoms with Crippen molar-refractivity contribution in [3.63, 3.8) is 0 Å². The monoisotopic (exact) mass is 186 g/mol. The van der Waals surface area contributed by atoms with Crippen LogP contribution in [-0.2, 0) is 0 Å². The highest BCUT2D eigenvalue weighted by atomic mass is 19.1. The number of benzene rings is 1. The molecule has 0 spiro atoms. The van der Waals surface area contributed by atoms with Crippen LogP contribution in [0.1, 0.15) is 17.3 Å². The number of carbonyl (C=O) groups is 1. The zero-order chi connectivity index (χ0) is 10.0. The van der Waals surface area contributed by atoms with Gasteiger partial charge in [-0.25, -0.2) is 8.78 Å². The summed E-state index contributed by atoms with van der Waals surface area (Å²) in [6.07, 6.45) is -1.32. The lowest BCUT2D eigenvalue weighted by Gasteiger charge is -2.04. The van der Waals surface area contributed by atoms with Crippen molar-refractivity contribution < 1.29 is 18.7 Å². The van der Waals surface area contributed by atoms with Crippen LogP contribution in [0.15, 0.2) is 18.2 Å². The number of Topliss-reactive ketones (excluding diaryl/α,β-unsaturated/α-hetero) is 1. The first kappa shape index (κ1) is 9.80. The van der Waals surface area contributed by atoms with Crippen LogP contribution in [0.5, 0.6) is 0 Å². The molecular weight excluding hydrogens is 178 g/mol. The average molecular weight is 186 g/mol. The summed E-state index contributed by atoms with van der Waals surface area (Å²) in [5.41, 5.74) is -0.421. The molecule has 0 unspecified atom stereocenters. The maximum absolute atomic E-state index is 12.9. The molecule has 2 nitrogen and oxygen atoms in total. The van der Waals surface area contributed by atoms with E-state index in [9.17, 15) is 13.6 Å². The Bertz CT molecular complexity index is 334. The lowest BCUT2D eigenvalue weighted by atomic mass is 10.1. The van der Waals surface area contributed by atoms with E-state index in [2.05, 4.69) is 0 Å². The molecule has 1 N–H and O–H groups in total. The van der Waals surface area contributed by atoms with E-state index in [-0.39, 0.29) is 0 Å². The SMILES string of the molecule is C[C@H](O)C(=O)c1cc(F)ccc1F. The molecular formula is C9H8F2O2. The number of ketones is 1. The highest BCUT2D eigenvalue weighted by Crippen LogP contribution is 2.11. The van der Waals surface area contributed by atoms with Gasteiger partial charge in [-0.2, -0.15) is 0 Å². The Kier molecular flexibility index (Phi) is 2.72. The topological polar surface area (TPSA) is 37.3 Å². The van der Waals surface area contributed by atoms with E-state index in [1.165, 1.54) is 6.92 Å². The van der Waals surface area contributed by atoms with Gasteiger partial charge >= 0.3 is 0 Å². The minimum absolute atomic E-state index is 0.421. The Morgan fingerprint density at radius 3 is 2.62 bits per heavy atom. The normalized spacial score (nSPS) is 12.6. The molecule has 0 amide bonds. The first-order chi connectivity index (χ1) is 6.02. The molecule has 1 aromatic rings. The molecule has 13 heavy (non-hydrogen) atoms. The first-order valence-corrected chi connectivity index (χ1v) is 3.69. The van der Waals surface area contributed by atoms with Crippen LogP contribution in [0.4, 0.5) is 8.78 Å². The van der Waals surface area contributed by atoms with Gasteiger partial charge in [0.05, 0.1) is 5.56 Å². The molecule has 0 radical (unpaired) electrons. The van der Waals surface area contributed by atoms with Crippen molar-refractivity contribution in [2.24, 2.45) is 0 Å². The molecule has 4 heteroatoms. The van der Waals surface area contributed by atoms with Crippen LogP contribution in [0.2, 0.25) is 0 Å². The summed E-state index contributed by atoms with van der Waals surface area (Å²) in [7, 11) is 0. The van der Waals surface area contributed by atoms with Crippen LogP contribution in [0, 0.1) is 11.6 Å². The second kappa shape index (κ2) is 3.62. The number of aliphatic hydroxyl groups is 1. The molecule has 0 heterocycles. The van der Waals surface area contributed by atoms with Gasteiger partial charge in [0.25, 0.3) is 0 Å². The van der Waals surface area contributed by atoms with Gasteiger partial charge in [0.15, 0.2) is 5.78 Å².